The van der Waals surface area contributed by atoms with Crippen LogP contribution in [0.15, 0.2) is 42.5 Å². The topological polar surface area (TPSA) is 37.3 Å². The van der Waals surface area contributed by atoms with Crippen LogP contribution in [-0.2, 0) is 0 Å². The van der Waals surface area contributed by atoms with Gasteiger partial charge in [-0.2, -0.15) is 0 Å². The quantitative estimate of drug-likeness (QED) is 0.639. The Morgan fingerprint density at radius 1 is 0.933 bits per heavy atom. The Morgan fingerprint density at radius 2 is 1.53 bits per heavy atom. The molecule has 0 fully saturated rings. The molecule has 72 valence electrons. The second kappa shape index (κ2) is 2.70. The van der Waals surface area contributed by atoms with Crippen LogP contribution in [0.1, 0.15) is 15.9 Å². The lowest BCUT2D eigenvalue weighted by atomic mass is 10.1. The van der Waals surface area contributed by atoms with Gasteiger partial charge in [0, 0.05) is 11.1 Å². The van der Waals surface area contributed by atoms with E-state index in [4.69, 9.17) is 5.11 Å². The standard InChI is InChI=1S/C13H8O2/c14-9-6-4-8(5-7-9)13(15)12-10-2-1-3-11(10)12/h1-7,14H. The van der Waals surface area contributed by atoms with Gasteiger partial charge in [0.1, 0.15) is 5.75 Å². The average Bonchev–Trinajstić information content (AvgIpc) is 2.72. The van der Waals surface area contributed by atoms with Crippen molar-refractivity contribution in [2.24, 2.45) is 0 Å². The van der Waals surface area contributed by atoms with E-state index in [-0.39, 0.29) is 11.5 Å². The summed E-state index contributed by atoms with van der Waals surface area (Å²) in [7, 11) is 0. The summed E-state index contributed by atoms with van der Waals surface area (Å²) in [6.07, 6.45) is 0. The van der Waals surface area contributed by atoms with Crippen molar-refractivity contribution in [3.05, 3.63) is 53.6 Å². The zero-order valence-corrected chi connectivity index (χ0v) is 7.90. The number of phenolic OH excluding ortho intramolecular Hbond substituents is 1. The van der Waals surface area contributed by atoms with E-state index in [1.807, 2.05) is 18.2 Å². The first-order chi connectivity index (χ1) is 7.27. The van der Waals surface area contributed by atoms with E-state index in [1.165, 1.54) is 12.1 Å². The maximum absolute atomic E-state index is 11.9. The van der Waals surface area contributed by atoms with Gasteiger partial charge in [-0.1, -0.05) is 18.2 Å². The van der Waals surface area contributed by atoms with Crippen molar-refractivity contribution in [2.75, 3.05) is 0 Å². The van der Waals surface area contributed by atoms with Gasteiger partial charge in [-0.25, -0.2) is 0 Å². The summed E-state index contributed by atoms with van der Waals surface area (Å²) in [6.45, 7) is 0. The number of benzene rings is 2. The maximum atomic E-state index is 11.9. The number of rotatable bonds is 2. The molecule has 2 nitrogen and oxygen atoms in total. The fourth-order valence-electron chi connectivity index (χ4n) is 1.81. The van der Waals surface area contributed by atoms with E-state index in [0.717, 1.165) is 16.7 Å². The van der Waals surface area contributed by atoms with Gasteiger partial charge >= 0.3 is 0 Å². The monoisotopic (exact) mass is 196 g/mol. The SMILES string of the molecule is O=C(c1ccc(O)cc1)c1c2cccc1-2. The van der Waals surface area contributed by atoms with Crippen molar-refractivity contribution >= 4 is 5.78 Å². The number of hydrogen-bond donors (Lipinski definition) is 1. The molecule has 0 aliphatic heterocycles. The van der Waals surface area contributed by atoms with Gasteiger partial charge in [0.2, 0.25) is 0 Å². The number of hydrogen-bond acceptors (Lipinski definition) is 2. The molecular formula is C13H8O2. The minimum Gasteiger partial charge on any atom is -0.508 e. The molecule has 0 bridgehead atoms. The van der Waals surface area contributed by atoms with Crippen LogP contribution < -0.4 is 0 Å². The first kappa shape index (κ1) is 8.24. The lowest BCUT2D eigenvalue weighted by Crippen LogP contribution is -1.94. The van der Waals surface area contributed by atoms with Gasteiger partial charge in [-0.3, -0.25) is 4.79 Å². The Hall–Kier alpha value is -2.09. The van der Waals surface area contributed by atoms with Crippen LogP contribution >= 0.6 is 0 Å². The van der Waals surface area contributed by atoms with Crippen molar-refractivity contribution < 1.29 is 9.90 Å². The normalized spacial score (nSPS) is 11.2. The number of fused-ring (bicyclic) bond motifs is 1. The van der Waals surface area contributed by atoms with Crippen molar-refractivity contribution in [2.45, 2.75) is 0 Å². The smallest absolute Gasteiger partial charge is 0.194 e. The molecule has 0 radical (unpaired) electrons. The van der Waals surface area contributed by atoms with Crippen LogP contribution in [0.2, 0.25) is 0 Å². The van der Waals surface area contributed by atoms with E-state index in [9.17, 15) is 4.79 Å². The van der Waals surface area contributed by atoms with Crippen LogP contribution in [0.4, 0.5) is 0 Å². The predicted molar refractivity (Wildman–Crippen MR) is 57.0 cm³/mol. The molecule has 0 saturated carbocycles. The number of phenols is 1. The average molecular weight is 196 g/mol. The van der Waals surface area contributed by atoms with Crippen LogP contribution in [0, 0.1) is 0 Å². The summed E-state index contributed by atoms with van der Waals surface area (Å²) < 4.78 is 0. The Balaban J connectivity index is 1.98. The second-order valence-corrected chi connectivity index (χ2v) is 3.60. The van der Waals surface area contributed by atoms with Crippen LogP contribution in [0.5, 0.6) is 5.75 Å². The zero-order chi connectivity index (χ0) is 10.4. The molecule has 0 unspecified atom stereocenters. The van der Waals surface area contributed by atoms with Crippen molar-refractivity contribution in [3.8, 4) is 16.9 Å². The maximum Gasteiger partial charge on any atom is 0.194 e. The highest BCUT2D eigenvalue weighted by molar-refractivity contribution is 6.24. The number of ketones is 1. The molecule has 0 heterocycles. The van der Waals surface area contributed by atoms with Crippen LogP contribution in [0.25, 0.3) is 11.1 Å². The molecule has 2 aliphatic carbocycles. The molecule has 1 aromatic carbocycles. The van der Waals surface area contributed by atoms with Gasteiger partial charge in [0.05, 0.1) is 0 Å². The Bertz CT molecular complexity index is 533. The molecule has 0 spiro atoms. The number of carbonyl (C=O) groups excluding carboxylic acids is 1. The fraction of sp³-hybridized carbons (Fsp3) is 0. The number of carbonyl (C=O) groups is 1. The van der Waals surface area contributed by atoms with E-state index in [2.05, 4.69) is 0 Å². The van der Waals surface area contributed by atoms with E-state index >= 15 is 0 Å². The highest BCUT2D eigenvalue weighted by Crippen LogP contribution is 2.43. The lowest BCUT2D eigenvalue weighted by molar-refractivity contribution is 0.104. The molecule has 0 atom stereocenters. The molecule has 1 aromatic rings. The summed E-state index contributed by atoms with van der Waals surface area (Å²) in [4.78, 5) is 11.9. The Kier molecular flexibility index (Phi) is 1.48. The van der Waals surface area contributed by atoms with Gasteiger partial charge in [0.25, 0.3) is 0 Å². The number of aromatic hydroxyl groups is 1. The summed E-state index contributed by atoms with van der Waals surface area (Å²) in [5.41, 5.74) is 3.57. The van der Waals surface area contributed by atoms with Crippen molar-refractivity contribution in [1.82, 2.24) is 0 Å². The second-order valence-electron chi connectivity index (χ2n) is 3.60. The van der Waals surface area contributed by atoms with Gasteiger partial charge in [-0.05, 0) is 35.4 Å². The van der Waals surface area contributed by atoms with Crippen molar-refractivity contribution in [3.63, 3.8) is 0 Å². The summed E-state index contributed by atoms with van der Waals surface area (Å²) in [5.74, 6) is 0.222. The highest BCUT2D eigenvalue weighted by atomic mass is 16.3. The molecule has 15 heavy (non-hydrogen) atoms. The molecule has 2 heteroatoms. The third kappa shape index (κ3) is 1.15. The minimum absolute atomic E-state index is 0.0422. The van der Waals surface area contributed by atoms with Gasteiger partial charge in [0.15, 0.2) is 5.78 Å². The summed E-state index contributed by atoms with van der Waals surface area (Å²) in [5, 5.41) is 9.11. The molecule has 1 N–H and O–H groups in total. The van der Waals surface area contributed by atoms with Crippen LogP contribution in [0.3, 0.4) is 0 Å². The van der Waals surface area contributed by atoms with Crippen molar-refractivity contribution in [1.29, 1.82) is 0 Å². The largest absolute Gasteiger partial charge is 0.508 e. The van der Waals surface area contributed by atoms with Crippen LogP contribution in [-0.4, -0.2) is 10.9 Å². The van der Waals surface area contributed by atoms with E-state index < -0.39 is 0 Å². The summed E-state index contributed by atoms with van der Waals surface area (Å²) in [6, 6.07) is 12.2. The fourth-order valence-corrected chi connectivity index (χ4v) is 1.81. The first-order valence-electron chi connectivity index (χ1n) is 4.74. The molecule has 2 aliphatic rings. The lowest BCUT2D eigenvalue weighted by Gasteiger charge is -1.95. The predicted octanol–water partition coefficient (Wildman–Crippen LogP) is 2.60. The molecule has 0 saturated heterocycles. The molecule has 0 aromatic heterocycles. The zero-order valence-electron chi connectivity index (χ0n) is 7.90. The van der Waals surface area contributed by atoms with E-state index in [0.29, 0.717) is 5.56 Å². The molecule has 3 rings (SSSR count). The minimum atomic E-state index is 0.0422. The Morgan fingerprint density at radius 3 is 2.13 bits per heavy atom. The van der Waals surface area contributed by atoms with Gasteiger partial charge in [-0.15, -0.1) is 0 Å². The third-order valence-electron chi connectivity index (χ3n) is 2.65. The first-order valence-corrected chi connectivity index (χ1v) is 4.74. The van der Waals surface area contributed by atoms with Gasteiger partial charge < -0.3 is 5.11 Å². The molecule has 0 amide bonds. The Labute approximate surface area is 86.8 Å². The third-order valence-corrected chi connectivity index (χ3v) is 2.65. The highest BCUT2D eigenvalue weighted by Gasteiger charge is 2.29. The summed E-state index contributed by atoms with van der Waals surface area (Å²) >= 11 is 0. The van der Waals surface area contributed by atoms with E-state index in [1.54, 1.807) is 12.1 Å². The molecular weight excluding hydrogens is 188 g/mol.